The van der Waals surface area contributed by atoms with E-state index in [-0.39, 0.29) is 11.3 Å². The highest BCUT2D eigenvalue weighted by molar-refractivity contribution is 6.28. The standard InChI is InChI=1S/C18H19ClN4O3/c1-11-2-3-14(17(24)25)12(6-11)8-22-9-13-10-26-5-4-23(13)16-15(22)7-20-18(19)21-16/h2-3,6-7,13H,4-5,8-10H2,1H3,(H,24,25). The maximum atomic E-state index is 11.6. The van der Waals surface area contributed by atoms with E-state index in [4.69, 9.17) is 16.3 Å². The Kier molecular flexibility index (Phi) is 4.42. The molecular formula is C18H19ClN4O3. The van der Waals surface area contributed by atoms with Gasteiger partial charge in [-0.25, -0.2) is 9.78 Å². The molecule has 26 heavy (non-hydrogen) atoms. The molecule has 1 aromatic heterocycles. The number of carbonyl (C=O) groups is 1. The molecule has 1 unspecified atom stereocenters. The number of hydrogen-bond acceptors (Lipinski definition) is 6. The molecule has 2 aromatic rings. The summed E-state index contributed by atoms with van der Waals surface area (Å²) in [5, 5.41) is 9.72. The number of aromatic nitrogens is 2. The smallest absolute Gasteiger partial charge is 0.336 e. The van der Waals surface area contributed by atoms with Crippen molar-refractivity contribution in [1.29, 1.82) is 0 Å². The summed E-state index contributed by atoms with van der Waals surface area (Å²) in [5.74, 6) is -0.138. The van der Waals surface area contributed by atoms with Crippen molar-refractivity contribution < 1.29 is 14.6 Å². The second-order valence-electron chi connectivity index (χ2n) is 6.62. The number of morpholine rings is 1. The molecule has 0 spiro atoms. The first-order chi connectivity index (χ1) is 12.5. The second kappa shape index (κ2) is 6.74. The second-order valence-corrected chi connectivity index (χ2v) is 6.95. The fourth-order valence-electron chi connectivity index (χ4n) is 3.64. The highest BCUT2D eigenvalue weighted by Crippen LogP contribution is 2.36. The fourth-order valence-corrected chi connectivity index (χ4v) is 3.76. The van der Waals surface area contributed by atoms with E-state index in [1.807, 2.05) is 19.1 Å². The summed E-state index contributed by atoms with van der Waals surface area (Å²) in [4.78, 5) is 24.5. The minimum Gasteiger partial charge on any atom is -0.478 e. The molecule has 4 rings (SSSR count). The molecule has 1 N–H and O–H groups in total. The molecule has 1 fully saturated rings. The largest absolute Gasteiger partial charge is 0.478 e. The molecule has 8 heteroatoms. The topological polar surface area (TPSA) is 78.8 Å². The third-order valence-electron chi connectivity index (χ3n) is 4.84. The number of carboxylic acids is 1. The van der Waals surface area contributed by atoms with Crippen LogP contribution in [0.3, 0.4) is 0 Å². The van der Waals surface area contributed by atoms with E-state index in [9.17, 15) is 9.90 Å². The van der Waals surface area contributed by atoms with E-state index in [0.717, 1.165) is 29.2 Å². The summed E-state index contributed by atoms with van der Waals surface area (Å²) in [6, 6.07) is 5.55. The highest BCUT2D eigenvalue weighted by Gasteiger charge is 2.35. The van der Waals surface area contributed by atoms with Gasteiger partial charge in [-0.3, -0.25) is 0 Å². The zero-order valence-corrected chi connectivity index (χ0v) is 15.1. The zero-order chi connectivity index (χ0) is 18.3. The lowest BCUT2D eigenvalue weighted by atomic mass is 10.0. The van der Waals surface area contributed by atoms with Crippen LogP contribution in [0.5, 0.6) is 0 Å². The summed E-state index contributed by atoms with van der Waals surface area (Å²) in [6.45, 7) is 5.15. The molecule has 2 aliphatic heterocycles. The first kappa shape index (κ1) is 17.1. The van der Waals surface area contributed by atoms with Gasteiger partial charge in [-0.05, 0) is 30.2 Å². The van der Waals surface area contributed by atoms with Crippen molar-refractivity contribution in [3.8, 4) is 0 Å². The third kappa shape index (κ3) is 3.08. The van der Waals surface area contributed by atoms with Gasteiger partial charge in [0.05, 0.1) is 36.7 Å². The van der Waals surface area contributed by atoms with Crippen molar-refractivity contribution in [2.75, 3.05) is 36.1 Å². The summed E-state index contributed by atoms with van der Waals surface area (Å²) in [5.41, 5.74) is 2.97. The Morgan fingerprint density at radius 3 is 3.12 bits per heavy atom. The van der Waals surface area contributed by atoms with Crippen LogP contribution in [0.1, 0.15) is 21.5 Å². The Balaban J connectivity index is 1.73. The molecule has 136 valence electrons. The molecule has 3 heterocycles. The fraction of sp³-hybridized carbons (Fsp3) is 0.389. The number of halogens is 1. The zero-order valence-electron chi connectivity index (χ0n) is 14.4. The highest BCUT2D eigenvalue weighted by atomic mass is 35.5. The summed E-state index contributed by atoms with van der Waals surface area (Å²) in [7, 11) is 0. The molecule has 0 radical (unpaired) electrons. The summed E-state index contributed by atoms with van der Waals surface area (Å²) in [6.07, 6.45) is 1.71. The number of carboxylic acid groups (broad SMARTS) is 1. The van der Waals surface area contributed by atoms with Crippen molar-refractivity contribution in [1.82, 2.24) is 9.97 Å². The van der Waals surface area contributed by atoms with Gasteiger partial charge < -0.3 is 19.6 Å². The molecule has 0 saturated carbocycles. The number of rotatable bonds is 3. The van der Waals surface area contributed by atoms with Crippen molar-refractivity contribution in [2.45, 2.75) is 19.5 Å². The van der Waals surface area contributed by atoms with E-state index >= 15 is 0 Å². The number of benzene rings is 1. The lowest BCUT2D eigenvalue weighted by Crippen LogP contribution is -2.55. The predicted octanol–water partition coefficient (Wildman–Crippen LogP) is 2.36. The van der Waals surface area contributed by atoms with E-state index in [1.165, 1.54) is 0 Å². The van der Waals surface area contributed by atoms with E-state index in [2.05, 4.69) is 19.8 Å². The van der Waals surface area contributed by atoms with E-state index < -0.39 is 5.97 Å². The normalized spacial score (nSPS) is 19.1. The Labute approximate surface area is 156 Å². The molecule has 7 nitrogen and oxygen atoms in total. The molecular weight excluding hydrogens is 356 g/mol. The summed E-state index contributed by atoms with van der Waals surface area (Å²) < 4.78 is 5.62. The summed E-state index contributed by atoms with van der Waals surface area (Å²) >= 11 is 6.03. The maximum absolute atomic E-state index is 11.6. The van der Waals surface area contributed by atoms with Gasteiger partial charge in [-0.1, -0.05) is 17.7 Å². The van der Waals surface area contributed by atoms with Crippen molar-refractivity contribution in [3.05, 3.63) is 46.4 Å². The van der Waals surface area contributed by atoms with Crippen LogP contribution in [0.25, 0.3) is 0 Å². The van der Waals surface area contributed by atoms with Crippen molar-refractivity contribution >= 4 is 29.1 Å². The quantitative estimate of drug-likeness (QED) is 0.826. The minimum atomic E-state index is -0.924. The molecule has 2 aliphatic rings. The Hall–Kier alpha value is -2.38. The van der Waals surface area contributed by atoms with Crippen LogP contribution < -0.4 is 9.80 Å². The Bertz CT molecular complexity index is 860. The van der Waals surface area contributed by atoms with Crippen LogP contribution >= 0.6 is 11.6 Å². The Morgan fingerprint density at radius 1 is 1.46 bits per heavy atom. The van der Waals surface area contributed by atoms with Crippen LogP contribution in [0.4, 0.5) is 11.5 Å². The van der Waals surface area contributed by atoms with Gasteiger partial charge in [-0.2, -0.15) is 4.98 Å². The number of hydrogen-bond donors (Lipinski definition) is 1. The SMILES string of the molecule is Cc1ccc(C(=O)O)c(CN2CC3COCCN3c3nc(Cl)ncc32)c1. The average molecular weight is 375 g/mol. The Morgan fingerprint density at radius 2 is 2.31 bits per heavy atom. The predicted molar refractivity (Wildman–Crippen MR) is 98.2 cm³/mol. The molecule has 1 atom stereocenters. The first-order valence-corrected chi connectivity index (χ1v) is 8.85. The number of ether oxygens (including phenoxy) is 1. The van der Waals surface area contributed by atoms with Crippen LogP contribution in [0.15, 0.2) is 24.4 Å². The van der Waals surface area contributed by atoms with Gasteiger partial charge in [0.1, 0.15) is 0 Å². The van der Waals surface area contributed by atoms with Gasteiger partial charge >= 0.3 is 5.97 Å². The molecule has 0 amide bonds. The number of fused-ring (bicyclic) bond motifs is 3. The first-order valence-electron chi connectivity index (χ1n) is 8.47. The molecule has 0 bridgehead atoms. The van der Waals surface area contributed by atoms with Crippen LogP contribution in [-0.4, -0.2) is 53.4 Å². The van der Waals surface area contributed by atoms with Crippen molar-refractivity contribution in [2.24, 2.45) is 0 Å². The van der Waals surface area contributed by atoms with Gasteiger partial charge in [0, 0.05) is 19.6 Å². The number of anilines is 2. The number of nitrogens with zero attached hydrogens (tertiary/aromatic N) is 4. The average Bonchev–Trinajstić information content (AvgIpc) is 2.61. The minimum absolute atomic E-state index is 0.153. The van der Waals surface area contributed by atoms with E-state index in [0.29, 0.717) is 31.9 Å². The van der Waals surface area contributed by atoms with Gasteiger partial charge in [0.25, 0.3) is 0 Å². The van der Waals surface area contributed by atoms with Gasteiger partial charge in [0.2, 0.25) is 5.28 Å². The number of aryl methyl sites for hydroxylation is 1. The molecule has 1 saturated heterocycles. The maximum Gasteiger partial charge on any atom is 0.336 e. The monoisotopic (exact) mass is 374 g/mol. The van der Waals surface area contributed by atoms with Crippen molar-refractivity contribution in [3.63, 3.8) is 0 Å². The van der Waals surface area contributed by atoms with E-state index in [1.54, 1.807) is 12.3 Å². The van der Waals surface area contributed by atoms with Gasteiger partial charge in [-0.15, -0.1) is 0 Å². The third-order valence-corrected chi connectivity index (χ3v) is 5.03. The van der Waals surface area contributed by atoms with Crippen LogP contribution in [0.2, 0.25) is 5.28 Å². The molecule has 1 aromatic carbocycles. The van der Waals surface area contributed by atoms with Crippen LogP contribution in [0, 0.1) is 6.92 Å². The lowest BCUT2D eigenvalue weighted by Gasteiger charge is -2.45. The molecule has 0 aliphatic carbocycles. The van der Waals surface area contributed by atoms with Crippen LogP contribution in [-0.2, 0) is 11.3 Å². The lowest BCUT2D eigenvalue weighted by molar-refractivity contribution is 0.0695. The van der Waals surface area contributed by atoms with Gasteiger partial charge in [0.15, 0.2) is 5.82 Å². The number of aromatic carboxylic acids is 1.